The van der Waals surface area contributed by atoms with Crippen LogP contribution in [0.4, 0.5) is 0 Å². The molecule has 0 aliphatic carbocycles. The van der Waals surface area contributed by atoms with Crippen molar-refractivity contribution in [2.75, 3.05) is 0 Å². The number of aliphatic carboxylic acids is 1. The van der Waals surface area contributed by atoms with E-state index in [4.69, 9.17) is 5.11 Å². The number of carbonyl (C=O) groups is 3. The molecular weight excluding hydrogens is 300 g/mol. The van der Waals surface area contributed by atoms with Crippen LogP contribution in [0.5, 0.6) is 0 Å². The van der Waals surface area contributed by atoms with Crippen LogP contribution < -0.4 is 0 Å². The topological polar surface area (TPSA) is 89.9 Å². The third-order valence-electron chi connectivity index (χ3n) is 2.63. The highest BCUT2D eigenvalue weighted by Gasteiger charge is 2.17. The third kappa shape index (κ3) is 16.6. The number of carbonyl (C=O) groups excluding carboxylic acids is 2. The Morgan fingerprint density at radius 2 is 1.22 bits per heavy atom. The van der Waals surface area contributed by atoms with Gasteiger partial charge in [0.15, 0.2) is 0 Å². The van der Waals surface area contributed by atoms with Crippen LogP contribution in [0.15, 0.2) is 0 Å². The van der Waals surface area contributed by atoms with E-state index in [9.17, 15) is 14.4 Å². The highest BCUT2D eigenvalue weighted by atomic mass is 17.2. The van der Waals surface area contributed by atoms with Crippen LogP contribution in [0.2, 0.25) is 0 Å². The van der Waals surface area contributed by atoms with Crippen molar-refractivity contribution in [1.82, 2.24) is 0 Å². The molecule has 0 aliphatic heterocycles. The fraction of sp³-hybridized carbons (Fsp3) is 0.824. The Hall–Kier alpha value is -1.59. The fourth-order valence-corrected chi connectivity index (χ4v) is 1.69. The van der Waals surface area contributed by atoms with Crippen molar-refractivity contribution in [1.29, 1.82) is 0 Å². The number of hydrogen-bond donors (Lipinski definition) is 1. The molecular formula is C17H32O6. The predicted octanol–water partition coefficient (Wildman–Crippen LogP) is 3.83. The molecule has 1 unspecified atom stereocenters. The van der Waals surface area contributed by atoms with Gasteiger partial charge in [-0.2, -0.15) is 0 Å². The largest absolute Gasteiger partial charge is 0.481 e. The molecule has 23 heavy (non-hydrogen) atoms. The van der Waals surface area contributed by atoms with E-state index >= 15 is 0 Å². The smallest absolute Gasteiger partial charge is 0.358 e. The van der Waals surface area contributed by atoms with Gasteiger partial charge in [-0.3, -0.25) is 4.79 Å². The zero-order valence-corrected chi connectivity index (χ0v) is 15.6. The second-order valence-corrected chi connectivity index (χ2v) is 7.58. The number of carboxylic acids is 1. The summed E-state index contributed by atoms with van der Waals surface area (Å²) in [5.41, 5.74) is 0.245. The maximum absolute atomic E-state index is 10.8. The zero-order valence-electron chi connectivity index (χ0n) is 15.6. The summed E-state index contributed by atoms with van der Waals surface area (Å²) in [4.78, 5) is 40.3. The lowest BCUT2D eigenvalue weighted by Gasteiger charge is -2.21. The minimum Gasteiger partial charge on any atom is -0.481 e. The van der Waals surface area contributed by atoms with Gasteiger partial charge in [0.25, 0.3) is 0 Å². The molecule has 0 saturated heterocycles. The summed E-state index contributed by atoms with van der Waals surface area (Å²) in [5, 5.41) is 8.48. The maximum Gasteiger partial charge on any atom is 0.358 e. The molecule has 6 nitrogen and oxygen atoms in total. The SMILES string of the molecule is CC(C)C(=O)OOC(=O)C(C)C.CC(CC(=O)O)CC(C)(C)C. The van der Waals surface area contributed by atoms with Crippen LogP contribution in [-0.4, -0.2) is 23.0 Å². The molecule has 0 aromatic rings. The van der Waals surface area contributed by atoms with Crippen molar-refractivity contribution in [2.24, 2.45) is 23.2 Å². The number of hydrogen-bond acceptors (Lipinski definition) is 5. The van der Waals surface area contributed by atoms with E-state index in [1.165, 1.54) is 0 Å². The lowest BCUT2D eigenvalue weighted by atomic mass is 9.84. The molecule has 1 atom stereocenters. The van der Waals surface area contributed by atoms with Gasteiger partial charge in [0.2, 0.25) is 0 Å². The summed E-state index contributed by atoms with van der Waals surface area (Å²) in [5.74, 6) is -2.06. The normalized spacial score (nSPS) is 12.3. The van der Waals surface area contributed by atoms with Crippen molar-refractivity contribution in [3.05, 3.63) is 0 Å². The Kier molecular flexibility index (Phi) is 11.3. The molecule has 0 spiro atoms. The van der Waals surface area contributed by atoms with Crippen LogP contribution in [0.3, 0.4) is 0 Å². The van der Waals surface area contributed by atoms with Gasteiger partial charge in [0.05, 0.1) is 11.8 Å². The summed E-state index contributed by atoms with van der Waals surface area (Å²) < 4.78 is 0. The van der Waals surface area contributed by atoms with Gasteiger partial charge in [-0.1, -0.05) is 55.4 Å². The van der Waals surface area contributed by atoms with Crippen molar-refractivity contribution in [2.45, 2.75) is 68.2 Å². The molecule has 0 aromatic heterocycles. The average Bonchev–Trinajstić information content (AvgIpc) is 2.32. The van der Waals surface area contributed by atoms with Crippen LogP contribution in [-0.2, 0) is 24.2 Å². The molecule has 0 aliphatic rings. The minimum atomic E-state index is -0.693. The van der Waals surface area contributed by atoms with Gasteiger partial charge < -0.3 is 5.11 Å². The molecule has 0 saturated carbocycles. The maximum atomic E-state index is 10.8. The molecule has 0 bridgehead atoms. The highest BCUT2D eigenvalue weighted by Crippen LogP contribution is 2.25. The number of rotatable bonds is 5. The van der Waals surface area contributed by atoms with Crippen LogP contribution in [0.25, 0.3) is 0 Å². The molecule has 1 N–H and O–H groups in total. The highest BCUT2D eigenvalue weighted by molar-refractivity contribution is 5.74. The van der Waals surface area contributed by atoms with Gasteiger partial charge >= 0.3 is 17.9 Å². The van der Waals surface area contributed by atoms with E-state index in [-0.39, 0.29) is 29.6 Å². The van der Waals surface area contributed by atoms with E-state index in [1.807, 2.05) is 6.92 Å². The Morgan fingerprint density at radius 3 is 1.43 bits per heavy atom. The predicted molar refractivity (Wildman–Crippen MR) is 87.3 cm³/mol. The summed E-state index contributed by atoms with van der Waals surface area (Å²) >= 11 is 0. The molecule has 0 aromatic carbocycles. The molecule has 0 amide bonds. The van der Waals surface area contributed by atoms with Crippen LogP contribution in [0.1, 0.15) is 68.2 Å². The minimum absolute atomic E-state index is 0.245. The lowest BCUT2D eigenvalue weighted by Crippen LogP contribution is -2.18. The molecule has 0 fully saturated rings. The second-order valence-electron chi connectivity index (χ2n) is 7.58. The quantitative estimate of drug-likeness (QED) is 0.608. The molecule has 136 valence electrons. The van der Waals surface area contributed by atoms with Crippen LogP contribution in [0, 0.1) is 23.2 Å². The monoisotopic (exact) mass is 332 g/mol. The van der Waals surface area contributed by atoms with E-state index in [0.29, 0.717) is 0 Å². The van der Waals surface area contributed by atoms with Crippen molar-refractivity contribution in [3.8, 4) is 0 Å². The van der Waals surface area contributed by atoms with Crippen molar-refractivity contribution in [3.63, 3.8) is 0 Å². The Morgan fingerprint density at radius 1 is 0.870 bits per heavy atom. The fourth-order valence-electron chi connectivity index (χ4n) is 1.69. The Balaban J connectivity index is 0. The molecule has 0 radical (unpaired) electrons. The van der Waals surface area contributed by atoms with Gasteiger partial charge in [0.1, 0.15) is 0 Å². The first-order valence-corrected chi connectivity index (χ1v) is 7.90. The lowest BCUT2D eigenvalue weighted by molar-refractivity contribution is -0.263. The van der Waals surface area contributed by atoms with E-state index in [0.717, 1.165) is 6.42 Å². The summed E-state index contributed by atoms with van der Waals surface area (Å²) in [6.45, 7) is 15.0. The Labute approximate surface area is 139 Å². The van der Waals surface area contributed by atoms with Gasteiger partial charge in [-0.15, -0.1) is 0 Å². The van der Waals surface area contributed by atoms with Crippen molar-refractivity contribution < 1.29 is 29.3 Å². The Bertz CT molecular complexity index is 359. The molecule has 0 rings (SSSR count). The van der Waals surface area contributed by atoms with E-state index < -0.39 is 17.9 Å². The van der Waals surface area contributed by atoms with Gasteiger partial charge in [-0.05, 0) is 17.8 Å². The first-order chi connectivity index (χ1) is 10.3. The van der Waals surface area contributed by atoms with E-state index in [2.05, 4.69) is 30.5 Å². The number of carboxylic acid groups (broad SMARTS) is 1. The van der Waals surface area contributed by atoms with E-state index in [1.54, 1.807) is 27.7 Å². The van der Waals surface area contributed by atoms with Gasteiger partial charge in [0, 0.05) is 6.42 Å². The molecule has 0 heterocycles. The standard InChI is InChI=1S/C9H18O2.C8H14O4/c1-7(5-8(10)11)6-9(2,3)4;1-5(2)7(9)11-12-8(10)6(3)4/h7H,5-6H2,1-4H3,(H,10,11);5-6H,1-4H3. The van der Waals surface area contributed by atoms with Crippen molar-refractivity contribution >= 4 is 17.9 Å². The van der Waals surface area contributed by atoms with Crippen LogP contribution >= 0.6 is 0 Å². The summed E-state index contributed by atoms with van der Waals surface area (Å²) in [6.07, 6.45) is 1.26. The summed E-state index contributed by atoms with van der Waals surface area (Å²) in [7, 11) is 0. The first kappa shape index (κ1) is 23.7. The average molecular weight is 332 g/mol. The first-order valence-electron chi connectivity index (χ1n) is 7.90. The second kappa shape index (κ2) is 11.0. The summed E-state index contributed by atoms with van der Waals surface area (Å²) in [6, 6.07) is 0. The van der Waals surface area contributed by atoms with Gasteiger partial charge in [-0.25, -0.2) is 19.4 Å². The third-order valence-corrected chi connectivity index (χ3v) is 2.63. The molecule has 6 heteroatoms. The zero-order chi connectivity index (χ0) is 18.8.